The topological polar surface area (TPSA) is 71.9 Å². The lowest BCUT2D eigenvalue weighted by Crippen LogP contribution is -2.34. The second kappa shape index (κ2) is 5.65. The minimum Gasteiger partial charge on any atom is -0.491 e. The Bertz CT molecular complexity index is 934. The number of aryl methyl sites for hydroxylation is 1. The van der Waals surface area contributed by atoms with E-state index in [1.807, 2.05) is 57.6 Å². The molecule has 4 rings (SSSR count). The lowest BCUT2D eigenvalue weighted by molar-refractivity contribution is 0.0926. The fourth-order valence-electron chi connectivity index (χ4n) is 3.14. The largest absolute Gasteiger partial charge is 0.491 e. The Balaban J connectivity index is 1.56. The van der Waals surface area contributed by atoms with Crippen LogP contribution in [-0.2, 0) is 12.6 Å². The maximum absolute atomic E-state index is 12.7. The van der Waals surface area contributed by atoms with Crippen LogP contribution < -0.4 is 10.1 Å². The summed E-state index contributed by atoms with van der Waals surface area (Å²) >= 11 is 0. The van der Waals surface area contributed by atoms with E-state index in [9.17, 15) is 4.79 Å². The van der Waals surface area contributed by atoms with Crippen molar-refractivity contribution in [3.63, 3.8) is 0 Å². The summed E-state index contributed by atoms with van der Waals surface area (Å²) in [6.07, 6.45) is 5.80. The SMILES string of the molecule is CC(C)Oc1ccc2[nH]c(C(=O)NC3(c4cnn(C)c4)CC3)cc2c1. The van der Waals surface area contributed by atoms with Crippen LogP contribution in [0.15, 0.2) is 36.7 Å². The fourth-order valence-corrected chi connectivity index (χ4v) is 3.14. The molecule has 0 radical (unpaired) electrons. The van der Waals surface area contributed by atoms with Crippen LogP contribution in [0.1, 0.15) is 42.7 Å². The normalized spacial score (nSPS) is 15.5. The molecule has 1 saturated carbocycles. The van der Waals surface area contributed by atoms with Crippen molar-refractivity contribution in [3.8, 4) is 5.75 Å². The van der Waals surface area contributed by atoms with Crippen LogP contribution in [0.4, 0.5) is 0 Å². The van der Waals surface area contributed by atoms with E-state index >= 15 is 0 Å². The number of nitrogens with zero attached hydrogens (tertiary/aromatic N) is 2. The van der Waals surface area contributed by atoms with Gasteiger partial charge in [0.1, 0.15) is 11.4 Å². The van der Waals surface area contributed by atoms with Gasteiger partial charge in [-0.3, -0.25) is 9.48 Å². The molecular weight excluding hydrogens is 316 g/mol. The molecule has 0 spiro atoms. The van der Waals surface area contributed by atoms with Gasteiger partial charge in [-0.25, -0.2) is 0 Å². The Morgan fingerprint density at radius 2 is 2.16 bits per heavy atom. The maximum Gasteiger partial charge on any atom is 0.268 e. The minimum atomic E-state index is -0.269. The van der Waals surface area contributed by atoms with E-state index in [4.69, 9.17) is 4.74 Å². The number of hydrogen-bond acceptors (Lipinski definition) is 3. The van der Waals surface area contributed by atoms with E-state index in [2.05, 4.69) is 15.4 Å². The molecule has 1 fully saturated rings. The quantitative estimate of drug-likeness (QED) is 0.751. The molecule has 6 heteroatoms. The van der Waals surface area contributed by atoms with Crippen LogP contribution in [0, 0.1) is 0 Å². The fraction of sp³-hybridized carbons (Fsp3) is 0.368. The van der Waals surface area contributed by atoms with Gasteiger partial charge in [-0.2, -0.15) is 5.10 Å². The molecule has 0 saturated heterocycles. The number of carbonyl (C=O) groups excluding carboxylic acids is 1. The van der Waals surface area contributed by atoms with Crippen molar-refractivity contribution in [1.82, 2.24) is 20.1 Å². The van der Waals surface area contributed by atoms with E-state index in [1.165, 1.54) is 0 Å². The smallest absolute Gasteiger partial charge is 0.268 e. The Kier molecular flexibility index (Phi) is 3.56. The van der Waals surface area contributed by atoms with E-state index in [0.29, 0.717) is 5.69 Å². The first-order chi connectivity index (χ1) is 11.9. The van der Waals surface area contributed by atoms with E-state index in [-0.39, 0.29) is 17.6 Å². The number of aromatic nitrogens is 3. The van der Waals surface area contributed by atoms with Crippen LogP contribution >= 0.6 is 0 Å². The highest BCUT2D eigenvalue weighted by Crippen LogP contribution is 2.45. The zero-order chi connectivity index (χ0) is 17.6. The molecule has 1 amide bonds. The zero-order valence-electron chi connectivity index (χ0n) is 14.7. The third-order valence-corrected chi connectivity index (χ3v) is 4.57. The van der Waals surface area contributed by atoms with Crippen molar-refractivity contribution in [2.24, 2.45) is 7.05 Å². The standard InChI is InChI=1S/C19H22N4O2/c1-12(2)25-15-4-5-16-13(8-15)9-17(21-16)18(24)22-19(6-7-19)14-10-20-23(3)11-14/h4-5,8-12,21H,6-7H2,1-3H3,(H,22,24). The van der Waals surface area contributed by atoms with Gasteiger partial charge in [0.2, 0.25) is 0 Å². The molecule has 0 bridgehead atoms. The van der Waals surface area contributed by atoms with Crippen molar-refractivity contribution in [1.29, 1.82) is 0 Å². The molecular formula is C19H22N4O2. The second-order valence-corrected chi connectivity index (χ2v) is 7.04. The van der Waals surface area contributed by atoms with Crippen LogP contribution in [0.3, 0.4) is 0 Å². The van der Waals surface area contributed by atoms with Crippen LogP contribution in [0.25, 0.3) is 10.9 Å². The number of carbonyl (C=O) groups is 1. The van der Waals surface area contributed by atoms with Crippen molar-refractivity contribution >= 4 is 16.8 Å². The maximum atomic E-state index is 12.7. The summed E-state index contributed by atoms with van der Waals surface area (Å²) in [5.74, 6) is 0.714. The van der Waals surface area contributed by atoms with Crippen molar-refractivity contribution in [3.05, 3.63) is 47.9 Å². The molecule has 0 atom stereocenters. The summed E-state index contributed by atoms with van der Waals surface area (Å²) < 4.78 is 7.48. The Hall–Kier alpha value is -2.76. The first-order valence-corrected chi connectivity index (χ1v) is 8.56. The monoisotopic (exact) mass is 338 g/mol. The highest BCUT2D eigenvalue weighted by molar-refractivity contribution is 5.98. The number of rotatable bonds is 5. The average Bonchev–Trinajstić information content (AvgIpc) is 3.00. The van der Waals surface area contributed by atoms with Gasteiger partial charge >= 0.3 is 0 Å². The summed E-state index contributed by atoms with van der Waals surface area (Å²) in [6.45, 7) is 3.99. The van der Waals surface area contributed by atoms with Crippen LogP contribution in [0.2, 0.25) is 0 Å². The van der Waals surface area contributed by atoms with E-state index < -0.39 is 0 Å². The number of hydrogen-bond donors (Lipinski definition) is 2. The highest BCUT2D eigenvalue weighted by Gasteiger charge is 2.46. The van der Waals surface area contributed by atoms with Gasteiger partial charge in [0.15, 0.2) is 0 Å². The first kappa shape index (κ1) is 15.7. The summed E-state index contributed by atoms with van der Waals surface area (Å²) in [6, 6.07) is 7.68. The summed E-state index contributed by atoms with van der Waals surface area (Å²) in [7, 11) is 1.88. The molecule has 3 aromatic rings. The Morgan fingerprint density at radius 3 is 2.80 bits per heavy atom. The van der Waals surface area contributed by atoms with E-state index in [0.717, 1.165) is 35.1 Å². The molecule has 1 aliphatic rings. The molecule has 130 valence electrons. The van der Waals surface area contributed by atoms with Crippen LogP contribution in [-0.4, -0.2) is 26.8 Å². The zero-order valence-corrected chi connectivity index (χ0v) is 14.7. The van der Waals surface area contributed by atoms with Gasteiger partial charge in [0.25, 0.3) is 5.91 Å². The number of ether oxygens (including phenoxy) is 1. The summed E-state index contributed by atoms with van der Waals surface area (Å²) in [5.41, 5.74) is 2.28. The number of nitrogens with one attached hydrogen (secondary N) is 2. The van der Waals surface area contributed by atoms with E-state index in [1.54, 1.807) is 4.68 Å². The van der Waals surface area contributed by atoms with Gasteiger partial charge in [-0.1, -0.05) is 0 Å². The first-order valence-electron chi connectivity index (χ1n) is 8.56. The van der Waals surface area contributed by atoms with Gasteiger partial charge < -0.3 is 15.0 Å². The molecule has 2 heterocycles. The third-order valence-electron chi connectivity index (χ3n) is 4.57. The lowest BCUT2D eigenvalue weighted by atomic mass is 10.1. The molecule has 1 aliphatic carbocycles. The van der Waals surface area contributed by atoms with Crippen molar-refractivity contribution in [2.75, 3.05) is 0 Å². The molecule has 25 heavy (non-hydrogen) atoms. The average molecular weight is 338 g/mol. The molecule has 0 aliphatic heterocycles. The lowest BCUT2D eigenvalue weighted by Gasteiger charge is -2.15. The van der Waals surface area contributed by atoms with Crippen molar-refractivity contribution in [2.45, 2.75) is 38.3 Å². The number of aromatic amines is 1. The molecule has 1 aromatic carbocycles. The van der Waals surface area contributed by atoms with Gasteiger partial charge in [-0.05, 0) is 51.0 Å². The number of benzene rings is 1. The summed E-state index contributed by atoms with van der Waals surface area (Å²) in [5, 5.41) is 8.35. The molecule has 2 aromatic heterocycles. The molecule has 6 nitrogen and oxygen atoms in total. The van der Waals surface area contributed by atoms with Crippen LogP contribution in [0.5, 0.6) is 5.75 Å². The highest BCUT2D eigenvalue weighted by atomic mass is 16.5. The Morgan fingerprint density at radius 1 is 1.36 bits per heavy atom. The number of H-pyrrole nitrogens is 1. The third kappa shape index (κ3) is 2.99. The van der Waals surface area contributed by atoms with Gasteiger partial charge in [0, 0.05) is 29.7 Å². The number of fused-ring (bicyclic) bond motifs is 1. The minimum absolute atomic E-state index is 0.0936. The second-order valence-electron chi connectivity index (χ2n) is 7.04. The van der Waals surface area contributed by atoms with Gasteiger partial charge in [0.05, 0.1) is 17.8 Å². The summed E-state index contributed by atoms with van der Waals surface area (Å²) in [4.78, 5) is 15.9. The van der Waals surface area contributed by atoms with Gasteiger partial charge in [-0.15, -0.1) is 0 Å². The predicted molar refractivity (Wildman–Crippen MR) is 95.6 cm³/mol. The predicted octanol–water partition coefficient (Wildman–Crippen LogP) is 3.11. The molecule has 0 unspecified atom stereocenters. The Labute approximate surface area is 146 Å². The molecule has 2 N–H and O–H groups in total. The number of amides is 1. The van der Waals surface area contributed by atoms with Crippen molar-refractivity contribution < 1.29 is 9.53 Å².